The maximum absolute atomic E-state index is 12.2. The largest absolute Gasteiger partial charge is 0.486 e. The Bertz CT molecular complexity index is 1040. The van der Waals surface area contributed by atoms with Crippen molar-refractivity contribution >= 4 is 58.2 Å². The van der Waals surface area contributed by atoms with Crippen molar-refractivity contribution in [2.75, 3.05) is 11.1 Å². The number of carbonyl (C=O) groups is 1. The van der Waals surface area contributed by atoms with E-state index in [1.807, 2.05) is 20.0 Å². The first kappa shape index (κ1) is 21.8. The van der Waals surface area contributed by atoms with Gasteiger partial charge in [0.2, 0.25) is 5.91 Å². The Labute approximate surface area is 187 Å². The third kappa shape index (κ3) is 5.79. The van der Waals surface area contributed by atoms with Crippen molar-refractivity contribution in [1.82, 2.24) is 14.8 Å². The molecule has 1 amide bonds. The van der Waals surface area contributed by atoms with Gasteiger partial charge in [-0.05, 0) is 48.9 Å². The van der Waals surface area contributed by atoms with Crippen molar-refractivity contribution in [3.63, 3.8) is 0 Å². The molecule has 29 heavy (non-hydrogen) atoms. The SMILES string of the molecule is Cc1cc(OCc2nnc(SCC(=O)Nc3ccc(Cl)cc3Cl)n2C)ccc1Cl. The summed E-state index contributed by atoms with van der Waals surface area (Å²) in [6.07, 6.45) is 0. The summed E-state index contributed by atoms with van der Waals surface area (Å²) in [6, 6.07) is 10.3. The van der Waals surface area contributed by atoms with Gasteiger partial charge >= 0.3 is 0 Å². The quantitative estimate of drug-likeness (QED) is 0.468. The Kier molecular flexibility index (Phi) is 7.29. The zero-order chi connectivity index (χ0) is 21.0. The summed E-state index contributed by atoms with van der Waals surface area (Å²) in [5.41, 5.74) is 1.44. The number of hydrogen-bond acceptors (Lipinski definition) is 5. The summed E-state index contributed by atoms with van der Waals surface area (Å²) >= 11 is 19.2. The van der Waals surface area contributed by atoms with Gasteiger partial charge in [-0.25, -0.2) is 0 Å². The fourth-order valence-corrected chi connectivity index (χ4v) is 3.66. The van der Waals surface area contributed by atoms with Gasteiger partial charge in [-0.3, -0.25) is 4.79 Å². The molecule has 0 radical (unpaired) electrons. The normalized spacial score (nSPS) is 10.8. The summed E-state index contributed by atoms with van der Waals surface area (Å²) in [5, 5.41) is 13.2. The second-order valence-electron chi connectivity index (χ2n) is 6.12. The Hall–Kier alpha value is -1.93. The number of aryl methyl sites for hydroxylation is 1. The molecule has 0 fully saturated rings. The highest BCUT2D eigenvalue weighted by Crippen LogP contribution is 2.26. The van der Waals surface area contributed by atoms with Crippen molar-refractivity contribution < 1.29 is 9.53 Å². The Morgan fingerprint density at radius 1 is 1.14 bits per heavy atom. The molecule has 0 aliphatic heterocycles. The lowest BCUT2D eigenvalue weighted by atomic mass is 10.2. The highest BCUT2D eigenvalue weighted by Gasteiger charge is 2.13. The highest BCUT2D eigenvalue weighted by molar-refractivity contribution is 7.99. The van der Waals surface area contributed by atoms with Crippen LogP contribution < -0.4 is 10.1 Å². The Morgan fingerprint density at radius 2 is 1.93 bits per heavy atom. The first-order chi connectivity index (χ1) is 13.8. The van der Waals surface area contributed by atoms with Crippen molar-refractivity contribution in [2.24, 2.45) is 7.05 Å². The second kappa shape index (κ2) is 9.71. The summed E-state index contributed by atoms with van der Waals surface area (Å²) < 4.78 is 7.54. The number of benzene rings is 2. The molecule has 152 valence electrons. The molecule has 1 aromatic heterocycles. The van der Waals surface area contributed by atoms with Gasteiger partial charge in [-0.15, -0.1) is 10.2 Å². The van der Waals surface area contributed by atoms with E-state index in [2.05, 4.69) is 15.5 Å². The van der Waals surface area contributed by atoms with Crippen LogP contribution in [0.4, 0.5) is 5.69 Å². The molecule has 6 nitrogen and oxygen atoms in total. The fourth-order valence-electron chi connectivity index (χ4n) is 2.36. The fraction of sp³-hybridized carbons (Fsp3) is 0.211. The van der Waals surface area contributed by atoms with Crippen molar-refractivity contribution in [3.8, 4) is 5.75 Å². The third-order valence-corrected chi connectivity index (χ3v) is 5.95. The maximum Gasteiger partial charge on any atom is 0.234 e. The van der Waals surface area contributed by atoms with Gasteiger partial charge in [0.05, 0.1) is 16.5 Å². The minimum Gasteiger partial charge on any atom is -0.486 e. The van der Waals surface area contributed by atoms with Crippen LogP contribution in [0.5, 0.6) is 5.75 Å². The molecule has 3 aromatic rings. The minimum atomic E-state index is -0.211. The molecule has 0 saturated heterocycles. The van der Waals surface area contributed by atoms with Crippen LogP contribution in [0.3, 0.4) is 0 Å². The van der Waals surface area contributed by atoms with Gasteiger partial charge < -0.3 is 14.6 Å². The van der Waals surface area contributed by atoms with Crippen molar-refractivity contribution in [2.45, 2.75) is 18.7 Å². The van der Waals surface area contributed by atoms with Gasteiger partial charge in [-0.2, -0.15) is 0 Å². The zero-order valence-corrected chi connectivity index (χ0v) is 18.7. The van der Waals surface area contributed by atoms with E-state index in [1.54, 1.807) is 34.9 Å². The number of carbonyl (C=O) groups excluding carboxylic acids is 1. The summed E-state index contributed by atoms with van der Waals surface area (Å²) in [4.78, 5) is 12.2. The molecule has 2 aromatic carbocycles. The predicted octanol–water partition coefficient (Wildman–Crippen LogP) is 5.39. The lowest BCUT2D eigenvalue weighted by Gasteiger charge is -2.08. The summed E-state index contributed by atoms with van der Waals surface area (Å²) in [6.45, 7) is 2.16. The zero-order valence-electron chi connectivity index (χ0n) is 15.6. The number of amides is 1. The maximum atomic E-state index is 12.2. The number of ether oxygens (including phenoxy) is 1. The number of rotatable bonds is 7. The average Bonchev–Trinajstić information content (AvgIpc) is 3.03. The molecule has 1 N–H and O–H groups in total. The summed E-state index contributed by atoms with van der Waals surface area (Å²) in [7, 11) is 1.82. The van der Waals surface area contributed by atoms with E-state index in [-0.39, 0.29) is 18.3 Å². The van der Waals surface area contributed by atoms with Crippen LogP contribution in [-0.2, 0) is 18.4 Å². The molecular weight excluding hydrogens is 455 g/mol. The topological polar surface area (TPSA) is 69.0 Å². The number of aromatic nitrogens is 3. The average molecular weight is 472 g/mol. The number of anilines is 1. The van der Waals surface area contributed by atoms with Crippen LogP contribution in [0.2, 0.25) is 15.1 Å². The standard InChI is InChI=1S/C19H17Cl3N4O2S/c1-11-7-13(4-5-14(11)21)28-9-17-24-25-19(26(17)2)29-10-18(27)23-16-6-3-12(20)8-15(16)22/h3-8H,9-10H2,1-2H3,(H,23,27). The molecule has 0 unspecified atom stereocenters. The Balaban J connectivity index is 1.55. The number of hydrogen-bond donors (Lipinski definition) is 1. The van der Waals surface area contributed by atoms with E-state index in [9.17, 15) is 4.79 Å². The van der Waals surface area contributed by atoms with Gasteiger partial charge in [-0.1, -0.05) is 46.6 Å². The van der Waals surface area contributed by atoms with Crippen molar-refractivity contribution in [1.29, 1.82) is 0 Å². The number of halogens is 3. The molecule has 3 rings (SSSR count). The van der Waals surface area contributed by atoms with E-state index in [0.717, 1.165) is 5.56 Å². The van der Waals surface area contributed by atoms with E-state index < -0.39 is 0 Å². The molecule has 0 spiro atoms. The molecular formula is C19H17Cl3N4O2S. The van der Waals surface area contributed by atoms with Gasteiger partial charge in [0, 0.05) is 17.1 Å². The van der Waals surface area contributed by atoms with E-state index in [1.165, 1.54) is 11.8 Å². The molecule has 0 bridgehead atoms. The molecule has 0 atom stereocenters. The molecule has 0 aliphatic carbocycles. The van der Waals surface area contributed by atoms with Crippen LogP contribution in [0, 0.1) is 6.92 Å². The van der Waals surface area contributed by atoms with Crippen LogP contribution >= 0.6 is 46.6 Å². The Morgan fingerprint density at radius 3 is 2.66 bits per heavy atom. The van der Waals surface area contributed by atoms with Crippen LogP contribution in [0.25, 0.3) is 0 Å². The molecule has 0 saturated carbocycles. The van der Waals surface area contributed by atoms with Crippen molar-refractivity contribution in [3.05, 3.63) is 62.9 Å². The van der Waals surface area contributed by atoms with Crippen LogP contribution in [0.1, 0.15) is 11.4 Å². The first-order valence-corrected chi connectivity index (χ1v) is 10.6. The number of thioether (sulfide) groups is 1. The molecule has 0 aliphatic rings. The summed E-state index contributed by atoms with van der Waals surface area (Å²) in [5.74, 6) is 1.28. The van der Waals surface area contributed by atoms with E-state index in [4.69, 9.17) is 39.5 Å². The van der Waals surface area contributed by atoms with Gasteiger partial charge in [0.1, 0.15) is 12.4 Å². The predicted molar refractivity (Wildman–Crippen MR) is 117 cm³/mol. The minimum absolute atomic E-state index is 0.155. The molecule has 1 heterocycles. The third-order valence-electron chi connectivity index (χ3n) is 3.96. The van der Waals surface area contributed by atoms with Gasteiger partial charge in [0.25, 0.3) is 0 Å². The van der Waals surface area contributed by atoms with E-state index >= 15 is 0 Å². The lowest BCUT2D eigenvalue weighted by molar-refractivity contribution is -0.113. The number of nitrogens with one attached hydrogen (secondary N) is 1. The first-order valence-electron chi connectivity index (χ1n) is 8.48. The van der Waals surface area contributed by atoms with Gasteiger partial charge in [0.15, 0.2) is 11.0 Å². The molecule has 10 heteroatoms. The number of nitrogens with zero attached hydrogens (tertiary/aromatic N) is 3. The van der Waals surface area contributed by atoms with Crippen LogP contribution in [0.15, 0.2) is 41.6 Å². The van der Waals surface area contributed by atoms with E-state index in [0.29, 0.717) is 37.5 Å². The lowest BCUT2D eigenvalue weighted by Crippen LogP contribution is -2.15. The highest BCUT2D eigenvalue weighted by atomic mass is 35.5. The second-order valence-corrected chi connectivity index (χ2v) is 8.31. The monoisotopic (exact) mass is 470 g/mol. The smallest absolute Gasteiger partial charge is 0.234 e. The van der Waals surface area contributed by atoms with Crippen LogP contribution in [-0.4, -0.2) is 26.4 Å².